The lowest BCUT2D eigenvalue weighted by Gasteiger charge is -1.97. The molecule has 106 valence electrons. The second-order valence-corrected chi connectivity index (χ2v) is 4.34. The molecule has 0 saturated carbocycles. The molecule has 0 aliphatic heterocycles. The molecule has 0 saturated heterocycles. The van der Waals surface area contributed by atoms with Crippen molar-refractivity contribution in [3.63, 3.8) is 0 Å². The summed E-state index contributed by atoms with van der Waals surface area (Å²) in [5, 5.41) is 9.13. The smallest absolute Gasteiger partial charge is 0.293 e. The number of hydrogen-bond donors (Lipinski definition) is 2. The summed E-state index contributed by atoms with van der Waals surface area (Å²) in [6, 6.07) is 9.25. The van der Waals surface area contributed by atoms with Crippen LogP contribution in [0.5, 0.6) is 0 Å². The molecule has 0 bridgehead atoms. The minimum atomic E-state index is -0.424. The zero-order valence-electron chi connectivity index (χ0n) is 10.8. The quantitative estimate of drug-likeness (QED) is 0.771. The lowest BCUT2D eigenvalue weighted by molar-refractivity contribution is 0.0996. The molecule has 3 rings (SSSR count). The predicted octanol–water partition coefficient (Wildman–Crippen LogP) is 2.38. The normalized spacial score (nSPS) is 10.5. The third-order valence-corrected chi connectivity index (χ3v) is 2.79. The van der Waals surface area contributed by atoms with Crippen molar-refractivity contribution in [3.05, 3.63) is 65.6 Å². The van der Waals surface area contributed by atoms with Crippen molar-refractivity contribution in [2.24, 2.45) is 0 Å². The topological polar surface area (TPSA) is 83.8 Å². The average Bonchev–Trinajstić information content (AvgIpc) is 3.13. The van der Waals surface area contributed by atoms with Crippen LogP contribution in [0.1, 0.15) is 21.9 Å². The van der Waals surface area contributed by atoms with Crippen LogP contribution in [0.3, 0.4) is 0 Å². The Bertz CT molecular complexity index is 735. The number of anilines is 1. The summed E-state index contributed by atoms with van der Waals surface area (Å²) in [5.74, 6) is 0.194. The van der Waals surface area contributed by atoms with Gasteiger partial charge in [-0.1, -0.05) is 12.1 Å². The lowest BCUT2D eigenvalue weighted by Crippen LogP contribution is -2.12. The zero-order valence-corrected chi connectivity index (χ0v) is 10.8. The maximum atomic E-state index is 12.8. The standard InChI is InChI=1S/C14H11FN4O2/c15-10-5-3-9(4-6-10)8-12-16-14(19-18-12)17-13(20)11-2-1-7-21-11/h1-7H,8H2,(H2,16,17,18,19,20). The molecule has 1 aromatic carbocycles. The van der Waals surface area contributed by atoms with Crippen LogP contribution in [0, 0.1) is 5.82 Å². The first-order valence-electron chi connectivity index (χ1n) is 6.21. The first-order chi connectivity index (χ1) is 10.2. The first kappa shape index (κ1) is 13.0. The number of nitrogens with zero attached hydrogens (tertiary/aromatic N) is 2. The maximum absolute atomic E-state index is 12.8. The number of rotatable bonds is 4. The minimum absolute atomic E-state index is 0.161. The van der Waals surface area contributed by atoms with Gasteiger partial charge >= 0.3 is 0 Å². The molecule has 0 atom stereocenters. The molecule has 0 aliphatic rings. The number of benzene rings is 1. The largest absolute Gasteiger partial charge is 0.459 e. The highest BCUT2D eigenvalue weighted by molar-refractivity contribution is 6.01. The van der Waals surface area contributed by atoms with Gasteiger partial charge in [0.15, 0.2) is 5.76 Å². The molecule has 0 unspecified atom stereocenters. The number of carbonyl (C=O) groups is 1. The number of amides is 1. The molecular formula is C14H11FN4O2. The summed E-state index contributed by atoms with van der Waals surface area (Å²) in [6.45, 7) is 0. The van der Waals surface area contributed by atoms with Gasteiger partial charge < -0.3 is 4.42 Å². The number of hydrogen-bond acceptors (Lipinski definition) is 4. The van der Waals surface area contributed by atoms with Crippen LogP contribution in [0.25, 0.3) is 0 Å². The van der Waals surface area contributed by atoms with E-state index in [4.69, 9.17) is 4.42 Å². The van der Waals surface area contributed by atoms with Gasteiger partial charge in [-0.3, -0.25) is 15.2 Å². The third kappa shape index (κ3) is 3.14. The number of furan rings is 1. The van der Waals surface area contributed by atoms with Crippen LogP contribution in [0.15, 0.2) is 47.1 Å². The molecule has 6 nitrogen and oxygen atoms in total. The number of carbonyl (C=O) groups excluding carboxylic acids is 1. The summed E-state index contributed by atoms with van der Waals surface area (Å²) in [5.41, 5.74) is 0.886. The van der Waals surface area contributed by atoms with E-state index in [9.17, 15) is 9.18 Å². The first-order valence-corrected chi connectivity index (χ1v) is 6.21. The fourth-order valence-corrected chi connectivity index (χ4v) is 1.80. The molecule has 0 fully saturated rings. The number of aromatic amines is 1. The van der Waals surface area contributed by atoms with Gasteiger partial charge in [-0.25, -0.2) is 4.39 Å². The molecule has 2 N–H and O–H groups in total. The van der Waals surface area contributed by atoms with Crippen molar-refractivity contribution in [1.82, 2.24) is 15.2 Å². The van der Waals surface area contributed by atoms with Crippen LogP contribution in [0.2, 0.25) is 0 Å². The van der Waals surface area contributed by atoms with E-state index in [1.807, 2.05) is 0 Å². The molecule has 7 heteroatoms. The highest BCUT2D eigenvalue weighted by Crippen LogP contribution is 2.09. The van der Waals surface area contributed by atoms with Gasteiger partial charge in [0.2, 0.25) is 5.95 Å². The third-order valence-electron chi connectivity index (χ3n) is 2.79. The Labute approximate surface area is 119 Å². The van der Waals surface area contributed by atoms with Crippen LogP contribution >= 0.6 is 0 Å². The second-order valence-electron chi connectivity index (χ2n) is 4.34. The predicted molar refractivity (Wildman–Crippen MR) is 72.2 cm³/mol. The van der Waals surface area contributed by atoms with Crippen molar-refractivity contribution >= 4 is 11.9 Å². The Balaban J connectivity index is 1.66. The highest BCUT2D eigenvalue weighted by atomic mass is 19.1. The van der Waals surface area contributed by atoms with Crippen molar-refractivity contribution in [3.8, 4) is 0 Å². The minimum Gasteiger partial charge on any atom is -0.459 e. The van der Waals surface area contributed by atoms with Gasteiger partial charge in [-0.2, -0.15) is 4.98 Å². The van der Waals surface area contributed by atoms with Gasteiger partial charge in [0.05, 0.1) is 6.26 Å². The molecule has 0 radical (unpaired) electrons. The Hall–Kier alpha value is -2.96. The molecule has 2 aromatic heterocycles. The number of aromatic nitrogens is 3. The Kier molecular flexibility index (Phi) is 3.46. The van der Waals surface area contributed by atoms with Crippen molar-refractivity contribution < 1.29 is 13.6 Å². The summed E-state index contributed by atoms with van der Waals surface area (Å²) >= 11 is 0. The van der Waals surface area contributed by atoms with E-state index in [2.05, 4.69) is 20.5 Å². The SMILES string of the molecule is O=C(Nc1n[nH]c(Cc2ccc(F)cc2)n1)c1ccco1. The van der Waals surface area contributed by atoms with E-state index in [-0.39, 0.29) is 17.5 Å². The molecule has 1 amide bonds. The van der Waals surface area contributed by atoms with E-state index in [0.29, 0.717) is 12.2 Å². The molecule has 21 heavy (non-hydrogen) atoms. The number of H-pyrrole nitrogens is 1. The number of halogens is 1. The fourth-order valence-electron chi connectivity index (χ4n) is 1.80. The summed E-state index contributed by atoms with van der Waals surface area (Å²) in [4.78, 5) is 15.9. The molecular weight excluding hydrogens is 275 g/mol. The summed E-state index contributed by atoms with van der Waals surface area (Å²) < 4.78 is 17.8. The molecule has 2 heterocycles. The van der Waals surface area contributed by atoms with Gasteiger partial charge in [0.1, 0.15) is 11.6 Å². The second kappa shape index (κ2) is 5.58. The van der Waals surface area contributed by atoms with Crippen molar-refractivity contribution in [1.29, 1.82) is 0 Å². The van der Waals surface area contributed by atoms with E-state index in [0.717, 1.165) is 5.56 Å². The maximum Gasteiger partial charge on any atom is 0.293 e. The zero-order chi connectivity index (χ0) is 14.7. The van der Waals surface area contributed by atoms with E-state index in [1.54, 1.807) is 24.3 Å². The van der Waals surface area contributed by atoms with E-state index < -0.39 is 5.91 Å². The van der Waals surface area contributed by atoms with Crippen LogP contribution in [-0.2, 0) is 6.42 Å². The van der Waals surface area contributed by atoms with E-state index >= 15 is 0 Å². The summed E-state index contributed by atoms with van der Waals surface area (Å²) in [7, 11) is 0. The Morgan fingerprint density at radius 1 is 1.29 bits per heavy atom. The lowest BCUT2D eigenvalue weighted by atomic mass is 10.1. The van der Waals surface area contributed by atoms with Gasteiger partial charge in [0.25, 0.3) is 5.91 Å². The van der Waals surface area contributed by atoms with Crippen molar-refractivity contribution in [2.45, 2.75) is 6.42 Å². The van der Waals surface area contributed by atoms with Crippen LogP contribution in [-0.4, -0.2) is 21.1 Å². The van der Waals surface area contributed by atoms with Crippen LogP contribution in [0.4, 0.5) is 10.3 Å². The Morgan fingerprint density at radius 3 is 2.81 bits per heavy atom. The van der Waals surface area contributed by atoms with Crippen LogP contribution < -0.4 is 5.32 Å². The molecule has 3 aromatic rings. The van der Waals surface area contributed by atoms with Gasteiger partial charge in [0, 0.05) is 6.42 Å². The van der Waals surface area contributed by atoms with Gasteiger partial charge in [-0.15, -0.1) is 5.10 Å². The van der Waals surface area contributed by atoms with Gasteiger partial charge in [-0.05, 0) is 29.8 Å². The summed E-state index contributed by atoms with van der Waals surface area (Å²) in [6.07, 6.45) is 1.87. The monoisotopic (exact) mass is 286 g/mol. The van der Waals surface area contributed by atoms with E-state index in [1.165, 1.54) is 18.4 Å². The molecule has 0 aliphatic carbocycles. The van der Waals surface area contributed by atoms with Crippen molar-refractivity contribution in [2.75, 3.05) is 5.32 Å². The fraction of sp³-hybridized carbons (Fsp3) is 0.0714. The average molecular weight is 286 g/mol. The Morgan fingerprint density at radius 2 is 2.10 bits per heavy atom. The number of nitrogens with one attached hydrogen (secondary N) is 2. The highest BCUT2D eigenvalue weighted by Gasteiger charge is 2.12. The molecule has 0 spiro atoms.